The first-order chi connectivity index (χ1) is 6.99. The topological polar surface area (TPSA) is 22.1 Å². The number of ether oxygens (including phenoxy) is 1. The van der Waals surface area contributed by atoms with Gasteiger partial charge in [0, 0.05) is 23.3 Å². The van der Waals surface area contributed by atoms with Gasteiger partial charge in [0.05, 0.1) is 10.6 Å². The summed E-state index contributed by atoms with van der Waals surface area (Å²) >= 11 is 6.38. The highest BCUT2D eigenvalue weighted by Gasteiger charge is 2.21. The molecular formula is C9H9Br2F2NO. The summed E-state index contributed by atoms with van der Waals surface area (Å²) in [5, 5.41) is 0. The van der Waals surface area contributed by atoms with Gasteiger partial charge < -0.3 is 4.74 Å². The molecule has 84 valence electrons. The van der Waals surface area contributed by atoms with Crippen molar-refractivity contribution in [3.63, 3.8) is 0 Å². The summed E-state index contributed by atoms with van der Waals surface area (Å²) in [4.78, 5) is 3.66. The van der Waals surface area contributed by atoms with Gasteiger partial charge in [0.15, 0.2) is 0 Å². The van der Waals surface area contributed by atoms with E-state index in [1.54, 1.807) is 6.92 Å². The van der Waals surface area contributed by atoms with E-state index in [2.05, 4.69) is 36.8 Å². The third-order valence-electron chi connectivity index (χ3n) is 2.00. The molecule has 0 amide bonds. The van der Waals surface area contributed by atoms with Crippen LogP contribution >= 0.6 is 31.9 Å². The Labute approximate surface area is 103 Å². The van der Waals surface area contributed by atoms with Crippen LogP contribution in [-0.2, 0) is 4.74 Å². The van der Waals surface area contributed by atoms with E-state index in [1.807, 2.05) is 0 Å². The largest absolute Gasteiger partial charge is 0.377 e. The lowest BCUT2D eigenvalue weighted by Crippen LogP contribution is -2.03. The Morgan fingerprint density at radius 1 is 1.40 bits per heavy atom. The second-order valence-electron chi connectivity index (χ2n) is 2.90. The Balaban J connectivity index is 3.30. The van der Waals surface area contributed by atoms with Crippen LogP contribution in [0.4, 0.5) is 8.78 Å². The number of halogens is 4. The molecule has 0 aliphatic rings. The van der Waals surface area contributed by atoms with Crippen molar-refractivity contribution in [2.75, 3.05) is 7.11 Å². The second-order valence-corrected chi connectivity index (χ2v) is 4.54. The fourth-order valence-electron chi connectivity index (χ4n) is 1.14. The Bertz CT molecular complexity index is 360. The minimum absolute atomic E-state index is 0.267. The van der Waals surface area contributed by atoms with E-state index in [9.17, 15) is 8.78 Å². The molecule has 0 N–H and O–H groups in total. The Morgan fingerprint density at radius 3 is 2.47 bits per heavy atom. The van der Waals surface area contributed by atoms with Crippen molar-refractivity contribution in [3.05, 3.63) is 26.4 Å². The van der Waals surface area contributed by atoms with Gasteiger partial charge in [0.1, 0.15) is 5.69 Å². The van der Waals surface area contributed by atoms with Crippen molar-refractivity contribution in [2.45, 2.75) is 19.5 Å². The molecule has 0 aliphatic carbocycles. The molecule has 0 bridgehead atoms. The zero-order chi connectivity index (χ0) is 11.6. The lowest BCUT2D eigenvalue weighted by atomic mass is 10.1. The summed E-state index contributed by atoms with van der Waals surface area (Å²) in [6, 6.07) is 0. The zero-order valence-corrected chi connectivity index (χ0v) is 11.3. The first-order valence-corrected chi connectivity index (χ1v) is 5.72. The van der Waals surface area contributed by atoms with Gasteiger partial charge in [-0.3, -0.25) is 4.98 Å². The predicted molar refractivity (Wildman–Crippen MR) is 60.0 cm³/mol. The zero-order valence-electron chi connectivity index (χ0n) is 8.10. The van der Waals surface area contributed by atoms with Crippen LogP contribution in [0.25, 0.3) is 0 Å². The van der Waals surface area contributed by atoms with Gasteiger partial charge in [0.2, 0.25) is 0 Å². The first-order valence-electron chi connectivity index (χ1n) is 4.13. The van der Waals surface area contributed by atoms with Gasteiger partial charge in [-0.2, -0.15) is 0 Å². The van der Waals surface area contributed by atoms with E-state index in [0.717, 1.165) is 0 Å². The Kier molecular flexibility index (Phi) is 4.61. The van der Waals surface area contributed by atoms with Crippen molar-refractivity contribution >= 4 is 31.9 Å². The predicted octanol–water partition coefficient (Wildman–Crippen LogP) is 4.25. The summed E-state index contributed by atoms with van der Waals surface area (Å²) in [5.41, 5.74) is 0.375. The van der Waals surface area contributed by atoms with Crippen molar-refractivity contribution in [1.29, 1.82) is 0 Å². The number of nitrogens with zero attached hydrogens (tertiary/aromatic N) is 1. The normalized spacial score (nSPS) is 13.3. The van der Waals surface area contributed by atoms with Crippen molar-refractivity contribution in [3.8, 4) is 0 Å². The monoisotopic (exact) mass is 343 g/mol. The lowest BCUT2D eigenvalue weighted by Gasteiger charge is -2.15. The maximum absolute atomic E-state index is 12.6. The number of pyridine rings is 1. The van der Waals surface area contributed by atoms with Crippen LogP contribution in [-0.4, -0.2) is 12.1 Å². The minimum Gasteiger partial charge on any atom is -0.377 e. The lowest BCUT2D eigenvalue weighted by molar-refractivity contribution is 0.116. The standard InChI is InChI=1S/C9H9Br2F2NO/c1-4(15-2)6-5(10)3-14-8(7(6)11)9(12)13/h3-4,9H,1-2H3. The molecular weight excluding hydrogens is 336 g/mol. The van der Waals surface area contributed by atoms with Crippen LogP contribution in [0.3, 0.4) is 0 Å². The molecule has 1 aromatic heterocycles. The molecule has 0 spiro atoms. The van der Waals surface area contributed by atoms with Crippen LogP contribution in [0.1, 0.15) is 30.7 Å². The van der Waals surface area contributed by atoms with Gasteiger partial charge in [-0.1, -0.05) is 0 Å². The van der Waals surface area contributed by atoms with Gasteiger partial charge in [-0.15, -0.1) is 0 Å². The van der Waals surface area contributed by atoms with E-state index in [0.29, 0.717) is 14.5 Å². The summed E-state index contributed by atoms with van der Waals surface area (Å²) in [7, 11) is 1.52. The van der Waals surface area contributed by atoms with E-state index < -0.39 is 6.43 Å². The molecule has 1 aromatic rings. The molecule has 2 nitrogen and oxygen atoms in total. The van der Waals surface area contributed by atoms with Crippen molar-refractivity contribution < 1.29 is 13.5 Å². The van der Waals surface area contributed by atoms with Gasteiger partial charge in [0.25, 0.3) is 6.43 Å². The summed E-state index contributed by atoms with van der Waals surface area (Å²) in [6.07, 6.45) is -1.53. The number of hydrogen-bond acceptors (Lipinski definition) is 2. The number of aromatic nitrogens is 1. The highest BCUT2D eigenvalue weighted by Crippen LogP contribution is 2.36. The molecule has 1 rings (SSSR count). The van der Waals surface area contributed by atoms with Crippen LogP contribution < -0.4 is 0 Å². The molecule has 0 saturated carbocycles. The molecule has 0 radical (unpaired) electrons. The average Bonchev–Trinajstić information content (AvgIpc) is 2.16. The van der Waals surface area contributed by atoms with Crippen LogP contribution in [0.2, 0.25) is 0 Å². The van der Waals surface area contributed by atoms with Gasteiger partial charge >= 0.3 is 0 Å². The summed E-state index contributed by atoms with van der Waals surface area (Å²) < 4.78 is 31.2. The SMILES string of the molecule is COC(C)c1c(Br)cnc(C(F)F)c1Br. The van der Waals surface area contributed by atoms with Crippen LogP contribution in [0, 0.1) is 0 Å². The molecule has 0 saturated heterocycles. The highest BCUT2D eigenvalue weighted by molar-refractivity contribution is 9.11. The summed E-state index contributed by atoms with van der Waals surface area (Å²) in [5.74, 6) is 0. The second kappa shape index (κ2) is 5.32. The fourth-order valence-corrected chi connectivity index (χ4v) is 2.84. The quantitative estimate of drug-likeness (QED) is 0.817. The van der Waals surface area contributed by atoms with Gasteiger partial charge in [-0.25, -0.2) is 8.78 Å². The summed E-state index contributed by atoms with van der Waals surface area (Å²) in [6.45, 7) is 1.78. The minimum atomic E-state index is -2.60. The fraction of sp³-hybridized carbons (Fsp3) is 0.444. The van der Waals surface area contributed by atoms with E-state index in [4.69, 9.17) is 4.74 Å². The molecule has 6 heteroatoms. The molecule has 1 atom stereocenters. The third-order valence-corrected chi connectivity index (χ3v) is 3.47. The van der Waals surface area contributed by atoms with E-state index in [-0.39, 0.29) is 11.8 Å². The van der Waals surface area contributed by atoms with Crippen LogP contribution in [0.15, 0.2) is 15.1 Å². The third kappa shape index (κ3) is 2.73. The first kappa shape index (κ1) is 13.0. The molecule has 15 heavy (non-hydrogen) atoms. The molecule has 0 aliphatic heterocycles. The molecule has 0 fully saturated rings. The van der Waals surface area contributed by atoms with Crippen molar-refractivity contribution in [1.82, 2.24) is 4.98 Å². The Morgan fingerprint density at radius 2 is 2.00 bits per heavy atom. The number of methoxy groups -OCH3 is 1. The number of rotatable bonds is 3. The van der Waals surface area contributed by atoms with Crippen LogP contribution in [0.5, 0.6) is 0 Å². The van der Waals surface area contributed by atoms with Crippen molar-refractivity contribution in [2.24, 2.45) is 0 Å². The van der Waals surface area contributed by atoms with Gasteiger partial charge in [-0.05, 0) is 38.8 Å². The maximum atomic E-state index is 12.6. The Hall–Kier alpha value is -0.0700. The highest BCUT2D eigenvalue weighted by atomic mass is 79.9. The number of alkyl halides is 2. The molecule has 1 unspecified atom stereocenters. The smallest absolute Gasteiger partial charge is 0.281 e. The van der Waals surface area contributed by atoms with E-state index >= 15 is 0 Å². The number of hydrogen-bond donors (Lipinski definition) is 0. The molecule has 0 aromatic carbocycles. The van der Waals surface area contributed by atoms with E-state index in [1.165, 1.54) is 13.3 Å². The average molecular weight is 345 g/mol. The molecule has 1 heterocycles. The maximum Gasteiger partial charge on any atom is 0.281 e.